The van der Waals surface area contributed by atoms with Crippen LogP contribution in [0.2, 0.25) is 0 Å². The van der Waals surface area contributed by atoms with Gasteiger partial charge in [0.1, 0.15) is 5.82 Å². The Bertz CT molecular complexity index is 615. The van der Waals surface area contributed by atoms with Crippen LogP contribution in [0.1, 0.15) is 38.3 Å². The largest absolute Gasteiger partial charge is 0.384 e. The van der Waals surface area contributed by atoms with E-state index in [1.165, 1.54) is 0 Å². The van der Waals surface area contributed by atoms with Crippen molar-refractivity contribution in [3.05, 3.63) is 36.4 Å². The highest BCUT2D eigenvalue weighted by atomic mass is 15.1. The first-order chi connectivity index (χ1) is 10.6. The molecule has 0 atom stereocenters. The fourth-order valence-corrected chi connectivity index (χ4v) is 3.10. The summed E-state index contributed by atoms with van der Waals surface area (Å²) < 4.78 is 0. The van der Waals surface area contributed by atoms with Crippen molar-refractivity contribution in [1.82, 2.24) is 19.9 Å². The molecule has 1 saturated heterocycles. The van der Waals surface area contributed by atoms with Crippen molar-refractivity contribution >= 4 is 5.82 Å². The van der Waals surface area contributed by atoms with Gasteiger partial charge in [-0.15, -0.1) is 0 Å². The second-order valence-corrected chi connectivity index (χ2v) is 6.17. The van der Waals surface area contributed by atoms with Gasteiger partial charge in [-0.3, -0.25) is 9.97 Å². The third kappa shape index (κ3) is 3.09. The van der Waals surface area contributed by atoms with Crippen LogP contribution < -0.4 is 5.73 Å². The lowest BCUT2D eigenvalue weighted by Gasteiger charge is -2.34. The molecule has 0 bridgehead atoms. The van der Waals surface area contributed by atoms with Crippen LogP contribution in [-0.2, 0) is 0 Å². The molecule has 0 unspecified atom stereocenters. The summed E-state index contributed by atoms with van der Waals surface area (Å²) in [6.07, 6.45) is 7.58. The molecule has 1 aliphatic heterocycles. The van der Waals surface area contributed by atoms with Crippen LogP contribution in [0.25, 0.3) is 11.3 Å². The highest BCUT2D eigenvalue weighted by Gasteiger charge is 2.25. The molecule has 3 rings (SSSR count). The van der Waals surface area contributed by atoms with Gasteiger partial charge in [-0.2, -0.15) is 0 Å². The first-order valence-corrected chi connectivity index (χ1v) is 7.92. The smallest absolute Gasteiger partial charge is 0.123 e. The van der Waals surface area contributed by atoms with E-state index in [1.54, 1.807) is 18.6 Å². The van der Waals surface area contributed by atoms with Gasteiger partial charge in [-0.05, 0) is 51.9 Å². The third-order valence-corrected chi connectivity index (χ3v) is 4.43. The third-order valence-electron chi connectivity index (χ3n) is 4.43. The van der Waals surface area contributed by atoms with E-state index in [-0.39, 0.29) is 0 Å². The molecular formula is C17H23N5. The Balaban J connectivity index is 1.85. The van der Waals surface area contributed by atoms with Crippen molar-refractivity contribution in [2.45, 2.75) is 38.6 Å². The standard InChI is InChI=1S/C17H23N5/c1-12(2)22-9-5-13(6-10-22)16-17(20-8-7-19-16)14-3-4-15(18)21-11-14/h3-4,7-8,11-13H,5-6,9-10H2,1-2H3,(H2,18,21). The second-order valence-electron chi connectivity index (χ2n) is 6.17. The van der Waals surface area contributed by atoms with Crippen LogP contribution in [0.5, 0.6) is 0 Å². The van der Waals surface area contributed by atoms with Crippen LogP contribution in [0, 0.1) is 0 Å². The van der Waals surface area contributed by atoms with Gasteiger partial charge in [0.2, 0.25) is 0 Å². The van der Waals surface area contributed by atoms with Crippen LogP contribution in [0.15, 0.2) is 30.7 Å². The topological polar surface area (TPSA) is 67.9 Å². The highest BCUT2D eigenvalue weighted by molar-refractivity contribution is 5.62. The summed E-state index contributed by atoms with van der Waals surface area (Å²) in [5.74, 6) is 0.996. The minimum Gasteiger partial charge on any atom is -0.384 e. The van der Waals surface area contributed by atoms with Crippen LogP contribution in [-0.4, -0.2) is 39.0 Å². The Labute approximate surface area is 131 Å². The van der Waals surface area contributed by atoms with Crippen molar-refractivity contribution in [1.29, 1.82) is 0 Å². The highest BCUT2D eigenvalue weighted by Crippen LogP contribution is 2.32. The molecule has 1 aliphatic rings. The molecule has 2 aromatic rings. The van der Waals surface area contributed by atoms with Gasteiger partial charge in [0.15, 0.2) is 0 Å². The van der Waals surface area contributed by atoms with Gasteiger partial charge >= 0.3 is 0 Å². The van der Waals surface area contributed by atoms with Crippen LogP contribution in [0.3, 0.4) is 0 Å². The summed E-state index contributed by atoms with van der Waals surface area (Å²) in [4.78, 5) is 15.9. The number of nitrogens with two attached hydrogens (primary N) is 1. The van der Waals surface area contributed by atoms with Gasteiger partial charge in [-0.1, -0.05) is 0 Å². The Hall–Kier alpha value is -2.01. The van der Waals surface area contributed by atoms with Gasteiger partial charge < -0.3 is 10.6 Å². The molecule has 0 radical (unpaired) electrons. The van der Waals surface area contributed by atoms with Crippen molar-refractivity contribution in [3.8, 4) is 11.3 Å². The Kier molecular flexibility index (Phi) is 4.34. The van der Waals surface area contributed by atoms with Crippen molar-refractivity contribution in [2.75, 3.05) is 18.8 Å². The van der Waals surface area contributed by atoms with Gasteiger partial charge in [0.25, 0.3) is 0 Å². The molecule has 1 fully saturated rings. The zero-order chi connectivity index (χ0) is 15.5. The molecule has 2 N–H and O–H groups in total. The predicted octanol–water partition coefficient (Wildman–Crippen LogP) is 2.71. The maximum absolute atomic E-state index is 5.68. The summed E-state index contributed by atoms with van der Waals surface area (Å²) in [6, 6.07) is 4.40. The van der Waals surface area contributed by atoms with E-state index in [9.17, 15) is 0 Å². The summed E-state index contributed by atoms with van der Waals surface area (Å²) in [6.45, 7) is 6.76. The minimum absolute atomic E-state index is 0.469. The molecule has 0 aromatic carbocycles. The van der Waals surface area contributed by atoms with E-state index in [4.69, 9.17) is 5.73 Å². The molecule has 2 aromatic heterocycles. The number of pyridine rings is 1. The molecule has 22 heavy (non-hydrogen) atoms. The lowest BCUT2D eigenvalue weighted by atomic mass is 9.90. The Morgan fingerprint density at radius 3 is 2.45 bits per heavy atom. The molecule has 0 aliphatic carbocycles. The molecule has 116 valence electrons. The Morgan fingerprint density at radius 2 is 1.82 bits per heavy atom. The second kappa shape index (κ2) is 6.40. The maximum atomic E-state index is 5.68. The zero-order valence-electron chi connectivity index (χ0n) is 13.2. The summed E-state index contributed by atoms with van der Waals surface area (Å²) in [5, 5.41) is 0. The van der Waals surface area contributed by atoms with E-state index < -0.39 is 0 Å². The SMILES string of the molecule is CC(C)N1CCC(c2nccnc2-c2ccc(N)nc2)CC1. The monoisotopic (exact) mass is 297 g/mol. The summed E-state index contributed by atoms with van der Waals surface area (Å²) in [7, 11) is 0. The van der Waals surface area contributed by atoms with Crippen molar-refractivity contribution < 1.29 is 0 Å². The number of likely N-dealkylation sites (tertiary alicyclic amines) is 1. The number of nitrogen functional groups attached to an aromatic ring is 1. The Morgan fingerprint density at radius 1 is 1.09 bits per heavy atom. The number of nitrogens with zero attached hydrogens (tertiary/aromatic N) is 4. The first kappa shape index (κ1) is 14.9. The van der Waals surface area contributed by atoms with E-state index in [0.717, 1.165) is 42.9 Å². The molecule has 0 amide bonds. The van der Waals surface area contributed by atoms with Crippen LogP contribution >= 0.6 is 0 Å². The molecule has 5 nitrogen and oxygen atoms in total. The van der Waals surface area contributed by atoms with Gasteiger partial charge in [0.05, 0.1) is 11.4 Å². The number of piperidine rings is 1. The maximum Gasteiger partial charge on any atom is 0.123 e. The van der Waals surface area contributed by atoms with Crippen molar-refractivity contribution in [3.63, 3.8) is 0 Å². The number of rotatable bonds is 3. The van der Waals surface area contributed by atoms with Gasteiger partial charge in [0, 0.05) is 36.1 Å². The van der Waals surface area contributed by atoms with E-state index in [0.29, 0.717) is 17.8 Å². The quantitative estimate of drug-likeness (QED) is 0.943. The zero-order valence-corrected chi connectivity index (χ0v) is 13.2. The molecule has 3 heterocycles. The lowest BCUT2D eigenvalue weighted by molar-refractivity contribution is 0.171. The average Bonchev–Trinajstić information content (AvgIpc) is 2.56. The number of aromatic nitrogens is 3. The molecule has 5 heteroatoms. The van der Waals surface area contributed by atoms with E-state index in [1.807, 2.05) is 12.1 Å². The molecule has 0 spiro atoms. The number of hydrogen-bond acceptors (Lipinski definition) is 5. The van der Waals surface area contributed by atoms with Crippen molar-refractivity contribution in [2.24, 2.45) is 0 Å². The fourth-order valence-electron chi connectivity index (χ4n) is 3.10. The lowest BCUT2D eigenvalue weighted by Crippen LogP contribution is -2.38. The van der Waals surface area contributed by atoms with E-state index >= 15 is 0 Å². The van der Waals surface area contributed by atoms with Crippen LogP contribution in [0.4, 0.5) is 5.82 Å². The predicted molar refractivity (Wildman–Crippen MR) is 88.4 cm³/mol. The molecular weight excluding hydrogens is 274 g/mol. The number of anilines is 1. The first-order valence-electron chi connectivity index (χ1n) is 7.92. The summed E-state index contributed by atoms with van der Waals surface area (Å²) >= 11 is 0. The average molecular weight is 297 g/mol. The number of hydrogen-bond donors (Lipinski definition) is 1. The normalized spacial score (nSPS) is 17.0. The van der Waals surface area contributed by atoms with E-state index in [2.05, 4.69) is 33.7 Å². The summed E-state index contributed by atoms with van der Waals surface area (Å²) in [5.41, 5.74) is 8.70. The van der Waals surface area contributed by atoms with Gasteiger partial charge in [-0.25, -0.2) is 4.98 Å². The molecule has 0 saturated carbocycles. The minimum atomic E-state index is 0.469. The fraction of sp³-hybridized carbons (Fsp3) is 0.471.